The molecule has 1 aliphatic rings. The average molecular weight is 435 g/mol. The number of carbonyl (C=O) groups excluding carboxylic acids is 1. The number of carbonyl (C=O) groups is 1. The largest absolute Gasteiger partial charge is 0.497 e. The molecule has 7 heteroatoms. The Bertz CT molecular complexity index is 1010. The van der Waals surface area contributed by atoms with Crippen LogP contribution in [0.3, 0.4) is 0 Å². The van der Waals surface area contributed by atoms with Crippen LogP contribution in [0.15, 0.2) is 53.1 Å². The third kappa shape index (κ3) is 5.73. The van der Waals surface area contributed by atoms with Crippen LogP contribution in [0.2, 0.25) is 0 Å². The van der Waals surface area contributed by atoms with Gasteiger partial charge in [0.1, 0.15) is 5.75 Å². The van der Waals surface area contributed by atoms with E-state index in [1.165, 1.54) is 5.56 Å². The second-order valence-electron chi connectivity index (χ2n) is 8.23. The number of nitrogens with zero attached hydrogens (tertiary/aromatic N) is 4. The van der Waals surface area contributed by atoms with Gasteiger partial charge in [0.2, 0.25) is 17.6 Å². The van der Waals surface area contributed by atoms with Crippen molar-refractivity contribution in [3.8, 4) is 17.1 Å². The van der Waals surface area contributed by atoms with Crippen LogP contribution < -0.4 is 4.74 Å². The molecule has 1 aromatic heterocycles. The van der Waals surface area contributed by atoms with E-state index in [1.54, 1.807) is 7.11 Å². The van der Waals surface area contributed by atoms with Gasteiger partial charge in [-0.15, -0.1) is 0 Å². The SMILES string of the molecule is COc1ccc(CC(=O)N2CCN(CCCc3nc(-c4ccc(C)cc4)no3)CC2)cc1. The first kappa shape index (κ1) is 22.0. The van der Waals surface area contributed by atoms with E-state index < -0.39 is 0 Å². The predicted octanol–water partition coefficient (Wildman–Crippen LogP) is 3.37. The van der Waals surface area contributed by atoms with Gasteiger partial charge in [0.25, 0.3) is 0 Å². The third-order valence-electron chi connectivity index (χ3n) is 5.88. The number of aromatic nitrogens is 2. The van der Waals surface area contributed by atoms with E-state index in [2.05, 4.69) is 22.0 Å². The van der Waals surface area contributed by atoms with Gasteiger partial charge in [0, 0.05) is 38.2 Å². The molecule has 0 atom stereocenters. The van der Waals surface area contributed by atoms with Crippen molar-refractivity contribution in [2.24, 2.45) is 0 Å². The van der Waals surface area contributed by atoms with E-state index in [0.717, 1.165) is 62.4 Å². The van der Waals surface area contributed by atoms with Crippen LogP contribution in [0, 0.1) is 6.92 Å². The average Bonchev–Trinajstić information content (AvgIpc) is 3.29. The number of hydrogen-bond acceptors (Lipinski definition) is 6. The lowest BCUT2D eigenvalue weighted by Gasteiger charge is -2.34. The van der Waals surface area contributed by atoms with Crippen molar-refractivity contribution in [1.29, 1.82) is 0 Å². The maximum atomic E-state index is 12.6. The van der Waals surface area contributed by atoms with Crippen molar-refractivity contribution in [3.05, 3.63) is 65.5 Å². The summed E-state index contributed by atoms with van der Waals surface area (Å²) in [6.45, 7) is 6.35. The fourth-order valence-corrected chi connectivity index (χ4v) is 3.88. The van der Waals surface area contributed by atoms with E-state index in [4.69, 9.17) is 9.26 Å². The molecule has 0 unspecified atom stereocenters. The summed E-state index contributed by atoms with van der Waals surface area (Å²) in [5, 5.41) is 4.10. The fourth-order valence-electron chi connectivity index (χ4n) is 3.88. The Morgan fingerprint density at radius 2 is 1.75 bits per heavy atom. The lowest BCUT2D eigenvalue weighted by atomic mass is 10.1. The van der Waals surface area contributed by atoms with E-state index in [9.17, 15) is 4.79 Å². The molecule has 1 fully saturated rings. The second-order valence-corrected chi connectivity index (χ2v) is 8.23. The van der Waals surface area contributed by atoms with Gasteiger partial charge in [-0.3, -0.25) is 9.69 Å². The van der Waals surface area contributed by atoms with Crippen LogP contribution >= 0.6 is 0 Å². The van der Waals surface area contributed by atoms with Crippen molar-refractivity contribution in [2.45, 2.75) is 26.2 Å². The van der Waals surface area contributed by atoms with Gasteiger partial charge < -0.3 is 14.2 Å². The van der Waals surface area contributed by atoms with Crippen molar-refractivity contribution in [2.75, 3.05) is 39.8 Å². The molecule has 0 saturated carbocycles. The van der Waals surface area contributed by atoms with Crippen LogP contribution in [0.4, 0.5) is 0 Å². The van der Waals surface area contributed by atoms with E-state index in [0.29, 0.717) is 18.1 Å². The lowest BCUT2D eigenvalue weighted by molar-refractivity contribution is -0.132. The summed E-state index contributed by atoms with van der Waals surface area (Å²) in [4.78, 5) is 21.5. The highest BCUT2D eigenvalue weighted by Crippen LogP contribution is 2.17. The van der Waals surface area contributed by atoms with Gasteiger partial charge >= 0.3 is 0 Å². The summed E-state index contributed by atoms with van der Waals surface area (Å²) >= 11 is 0. The molecule has 7 nitrogen and oxygen atoms in total. The molecule has 1 aliphatic heterocycles. The molecule has 0 bridgehead atoms. The Labute approximate surface area is 189 Å². The second kappa shape index (κ2) is 10.4. The Morgan fingerprint density at radius 1 is 1.03 bits per heavy atom. The van der Waals surface area contributed by atoms with Crippen LogP contribution in [0.5, 0.6) is 5.75 Å². The zero-order chi connectivity index (χ0) is 22.3. The van der Waals surface area contributed by atoms with Crippen molar-refractivity contribution >= 4 is 5.91 Å². The smallest absolute Gasteiger partial charge is 0.227 e. The molecule has 3 aromatic rings. The van der Waals surface area contributed by atoms with Crippen molar-refractivity contribution in [1.82, 2.24) is 19.9 Å². The monoisotopic (exact) mass is 434 g/mol. The molecular weight excluding hydrogens is 404 g/mol. The van der Waals surface area contributed by atoms with Gasteiger partial charge in [-0.25, -0.2) is 0 Å². The molecule has 4 rings (SSSR count). The Hall–Kier alpha value is -3.19. The fraction of sp³-hybridized carbons (Fsp3) is 0.400. The first-order valence-corrected chi connectivity index (χ1v) is 11.1. The van der Waals surface area contributed by atoms with Crippen molar-refractivity contribution in [3.63, 3.8) is 0 Å². The van der Waals surface area contributed by atoms with E-state index in [-0.39, 0.29) is 5.91 Å². The molecular formula is C25H30N4O3. The van der Waals surface area contributed by atoms with Gasteiger partial charge in [0.15, 0.2) is 0 Å². The van der Waals surface area contributed by atoms with Crippen molar-refractivity contribution < 1.29 is 14.1 Å². The molecule has 0 spiro atoms. The molecule has 0 radical (unpaired) electrons. The maximum Gasteiger partial charge on any atom is 0.227 e. The predicted molar refractivity (Wildman–Crippen MR) is 123 cm³/mol. The number of aryl methyl sites for hydroxylation is 2. The van der Waals surface area contributed by atoms with E-state index >= 15 is 0 Å². The van der Waals surface area contributed by atoms with Crippen LogP contribution in [0.1, 0.15) is 23.4 Å². The van der Waals surface area contributed by atoms with Crippen LogP contribution in [-0.4, -0.2) is 65.7 Å². The zero-order valence-corrected chi connectivity index (χ0v) is 18.8. The normalized spacial score (nSPS) is 14.5. The molecule has 2 heterocycles. The Balaban J connectivity index is 1.17. The Kier molecular flexibility index (Phi) is 7.17. The summed E-state index contributed by atoms with van der Waals surface area (Å²) in [6, 6.07) is 15.8. The minimum Gasteiger partial charge on any atom is -0.497 e. The molecule has 1 saturated heterocycles. The summed E-state index contributed by atoms with van der Waals surface area (Å²) in [7, 11) is 1.64. The number of benzene rings is 2. The van der Waals surface area contributed by atoms with Gasteiger partial charge in [0.05, 0.1) is 13.5 Å². The lowest BCUT2D eigenvalue weighted by Crippen LogP contribution is -2.49. The quantitative estimate of drug-likeness (QED) is 0.541. The Morgan fingerprint density at radius 3 is 2.44 bits per heavy atom. The minimum absolute atomic E-state index is 0.185. The number of amides is 1. The molecule has 168 valence electrons. The summed E-state index contributed by atoms with van der Waals surface area (Å²) in [5.74, 6) is 2.31. The molecule has 32 heavy (non-hydrogen) atoms. The minimum atomic E-state index is 0.185. The zero-order valence-electron chi connectivity index (χ0n) is 18.8. The molecule has 1 amide bonds. The van der Waals surface area contributed by atoms with E-state index in [1.807, 2.05) is 53.4 Å². The highest BCUT2D eigenvalue weighted by molar-refractivity contribution is 5.79. The number of hydrogen-bond donors (Lipinski definition) is 0. The number of rotatable bonds is 8. The first-order valence-electron chi connectivity index (χ1n) is 11.1. The standard InChI is InChI=1S/C25H30N4O3/c1-19-5-9-21(10-6-19)25-26-23(32-27-25)4-3-13-28-14-16-29(17-15-28)24(30)18-20-7-11-22(31-2)12-8-20/h5-12H,3-4,13-18H2,1-2H3. The number of piperazine rings is 1. The summed E-state index contributed by atoms with van der Waals surface area (Å²) < 4.78 is 10.6. The van der Waals surface area contributed by atoms with Gasteiger partial charge in [-0.05, 0) is 37.6 Å². The topological polar surface area (TPSA) is 71.7 Å². The molecule has 0 N–H and O–H groups in total. The van der Waals surface area contributed by atoms with Gasteiger partial charge in [-0.2, -0.15) is 4.98 Å². The third-order valence-corrected chi connectivity index (χ3v) is 5.88. The summed E-state index contributed by atoms with van der Waals surface area (Å²) in [5.41, 5.74) is 3.20. The highest BCUT2D eigenvalue weighted by atomic mass is 16.5. The molecule has 2 aromatic carbocycles. The molecule has 0 aliphatic carbocycles. The first-order chi connectivity index (χ1) is 15.6. The van der Waals surface area contributed by atoms with Gasteiger partial charge in [-0.1, -0.05) is 47.1 Å². The highest BCUT2D eigenvalue weighted by Gasteiger charge is 2.21. The summed E-state index contributed by atoms with van der Waals surface area (Å²) in [6.07, 6.45) is 2.15. The maximum absolute atomic E-state index is 12.6. The van der Waals surface area contributed by atoms with Crippen LogP contribution in [0.25, 0.3) is 11.4 Å². The number of methoxy groups -OCH3 is 1. The number of ether oxygens (including phenoxy) is 1. The van der Waals surface area contributed by atoms with Crippen LogP contribution in [-0.2, 0) is 17.6 Å².